The number of hydrogen-bond acceptors (Lipinski definition) is 2. The maximum absolute atomic E-state index is 13.3. The molecule has 0 spiro atoms. The molecule has 0 aliphatic heterocycles. The number of benzene rings is 2. The van der Waals surface area contributed by atoms with E-state index in [0.29, 0.717) is 11.2 Å². The number of halogens is 1. The quantitative estimate of drug-likeness (QED) is 0.748. The Morgan fingerprint density at radius 2 is 1.84 bits per heavy atom. The summed E-state index contributed by atoms with van der Waals surface area (Å²) in [5.74, 6) is -0.846. The zero-order valence-electron chi connectivity index (χ0n) is 13.6. The molecule has 4 nitrogen and oxygen atoms in total. The molecule has 0 atom stereocenters. The van der Waals surface area contributed by atoms with Gasteiger partial charge in [-0.3, -0.25) is 9.59 Å². The Morgan fingerprint density at radius 3 is 2.64 bits per heavy atom. The van der Waals surface area contributed by atoms with E-state index in [1.54, 1.807) is 12.1 Å². The number of aromatic amines is 1. The van der Waals surface area contributed by atoms with Gasteiger partial charge < -0.3 is 10.3 Å². The summed E-state index contributed by atoms with van der Waals surface area (Å²) in [5, 5.41) is 3.78. The third-order valence-electron chi connectivity index (χ3n) is 4.68. The van der Waals surface area contributed by atoms with Crippen molar-refractivity contribution >= 4 is 22.5 Å². The minimum absolute atomic E-state index is 0.0455. The predicted molar refractivity (Wildman–Crippen MR) is 95.6 cm³/mol. The minimum atomic E-state index is -0.456. The molecule has 0 fully saturated rings. The third kappa shape index (κ3) is 2.93. The lowest BCUT2D eigenvalue weighted by molar-refractivity contribution is 0.102. The molecule has 1 aromatic heterocycles. The summed E-state index contributed by atoms with van der Waals surface area (Å²) >= 11 is 0. The maximum Gasteiger partial charge on any atom is 0.255 e. The van der Waals surface area contributed by atoms with Crippen molar-refractivity contribution < 1.29 is 9.18 Å². The zero-order chi connectivity index (χ0) is 17.4. The first-order valence-electron chi connectivity index (χ1n) is 8.36. The van der Waals surface area contributed by atoms with E-state index in [0.717, 1.165) is 42.2 Å². The van der Waals surface area contributed by atoms with E-state index < -0.39 is 5.82 Å². The highest BCUT2D eigenvalue weighted by Gasteiger charge is 2.16. The van der Waals surface area contributed by atoms with Crippen LogP contribution in [0.5, 0.6) is 0 Å². The van der Waals surface area contributed by atoms with Crippen molar-refractivity contribution in [1.29, 1.82) is 0 Å². The summed E-state index contributed by atoms with van der Waals surface area (Å²) in [5.41, 5.74) is 3.48. The zero-order valence-corrected chi connectivity index (χ0v) is 13.6. The number of fused-ring (bicyclic) bond motifs is 3. The molecule has 126 valence electrons. The summed E-state index contributed by atoms with van der Waals surface area (Å²) in [4.78, 5) is 27.5. The standard InChI is InChI=1S/C20H17FN2O2/c21-13-5-3-4-12(10-13)19(24)22-14-8-9-16-15-6-1-2-7-17(15)20(25)23-18(16)11-14/h3-5,8-11H,1-2,6-7H2,(H,22,24)(H,23,25). The number of anilines is 1. The van der Waals surface area contributed by atoms with Crippen molar-refractivity contribution in [3.05, 3.63) is 75.3 Å². The summed E-state index contributed by atoms with van der Waals surface area (Å²) in [6, 6.07) is 11.0. The smallest absolute Gasteiger partial charge is 0.255 e. The lowest BCUT2D eigenvalue weighted by Gasteiger charge is -2.17. The molecule has 0 saturated carbocycles. The predicted octanol–water partition coefficient (Wildman–Crippen LogP) is 3.80. The maximum atomic E-state index is 13.3. The first-order valence-corrected chi connectivity index (χ1v) is 8.36. The first kappa shape index (κ1) is 15.6. The highest BCUT2D eigenvalue weighted by Crippen LogP contribution is 2.27. The molecule has 1 aliphatic rings. The van der Waals surface area contributed by atoms with Gasteiger partial charge >= 0.3 is 0 Å². The van der Waals surface area contributed by atoms with Gasteiger partial charge in [-0.15, -0.1) is 0 Å². The topological polar surface area (TPSA) is 62.0 Å². The van der Waals surface area contributed by atoms with E-state index in [-0.39, 0.29) is 17.0 Å². The highest BCUT2D eigenvalue weighted by molar-refractivity contribution is 6.05. The van der Waals surface area contributed by atoms with E-state index in [1.165, 1.54) is 18.2 Å². The first-order chi connectivity index (χ1) is 12.1. The Balaban J connectivity index is 1.70. The fourth-order valence-corrected chi connectivity index (χ4v) is 3.47. The second-order valence-corrected chi connectivity index (χ2v) is 6.34. The van der Waals surface area contributed by atoms with E-state index in [4.69, 9.17) is 0 Å². The molecule has 4 rings (SSSR count). The number of carbonyl (C=O) groups excluding carboxylic acids is 1. The molecule has 2 aromatic carbocycles. The van der Waals surface area contributed by atoms with Crippen LogP contribution in [0, 0.1) is 5.82 Å². The van der Waals surface area contributed by atoms with E-state index in [2.05, 4.69) is 10.3 Å². The SMILES string of the molecule is O=C(Nc1ccc2c3c(c(=O)[nH]c2c1)CCCC3)c1cccc(F)c1. The lowest BCUT2D eigenvalue weighted by Crippen LogP contribution is -2.19. The number of nitrogens with one attached hydrogen (secondary N) is 2. The van der Waals surface area contributed by atoms with Gasteiger partial charge in [-0.2, -0.15) is 0 Å². The third-order valence-corrected chi connectivity index (χ3v) is 4.68. The summed E-state index contributed by atoms with van der Waals surface area (Å²) in [7, 11) is 0. The molecule has 3 aromatic rings. The lowest BCUT2D eigenvalue weighted by atomic mass is 9.90. The second kappa shape index (κ2) is 6.16. The molecule has 0 saturated heterocycles. The van der Waals surface area contributed by atoms with Gasteiger partial charge in [-0.05, 0) is 61.6 Å². The molecule has 1 aliphatic carbocycles. The van der Waals surface area contributed by atoms with Crippen LogP contribution in [0.2, 0.25) is 0 Å². The van der Waals surface area contributed by atoms with Crippen molar-refractivity contribution in [2.75, 3.05) is 5.32 Å². The molecule has 2 N–H and O–H groups in total. The Morgan fingerprint density at radius 1 is 1.04 bits per heavy atom. The van der Waals surface area contributed by atoms with Crippen molar-refractivity contribution in [3.63, 3.8) is 0 Å². The van der Waals surface area contributed by atoms with Gasteiger partial charge in [0.1, 0.15) is 5.82 Å². The van der Waals surface area contributed by atoms with Gasteiger partial charge in [0.25, 0.3) is 11.5 Å². The van der Waals surface area contributed by atoms with Crippen LogP contribution < -0.4 is 10.9 Å². The van der Waals surface area contributed by atoms with Gasteiger partial charge in [0.2, 0.25) is 0 Å². The van der Waals surface area contributed by atoms with Gasteiger partial charge in [-0.25, -0.2) is 4.39 Å². The van der Waals surface area contributed by atoms with Crippen LogP contribution in [0.1, 0.15) is 34.3 Å². The number of pyridine rings is 1. The average Bonchev–Trinajstić information content (AvgIpc) is 2.62. The molecule has 1 amide bonds. The van der Waals surface area contributed by atoms with Crippen molar-refractivity contribution in [3.8, 4) is 0 Å². The fraction of sp³-hybridized carbons (Fsp3) is 0.200. The van der Waals surface area contributed by atoms with E-state index in [9.17, 15) is 14.0 Å². The van der Waals surface area contributed by atoms with Crippen LogP contribution in [0.4, 0.5) is 10.1 Å². The number of amides is 1. The summed E-state index contributed by atoms with van der Waals surface area (Å²) in [6.45, 7) is 0. The molecular formula is C20H17FN2O2. The average molecular weight is 336 g/mol. The number of aryl methyl sites for hydroxylation is 1. The summed E-state index contributed by atoms with van der Waals surface area (Å²) < 4.78 is 13.3. The molecule has 5 heteroatoms. The van der Waals surface area contributed by atoms with Crippen molar-refractivity contribution in [2.24, 2.45) is 0 Å². The highest BCUT2D eigenvalue weighted by atomic mass is 19.1. The number of rotatable bonds is 2. The van der Waals surface area contributed by atoms with Crippen LogP contribution in [-0.4, -0.2) is 10.9 Å². The molecular weight excluding hydrogens is 319 g/mol. The van der Waals surface area contributed by atoms with Crippen LogP contribution in [-0.2, 0) is 12.8 Å². The van der Waals surface area contributed by atoms with E-state index >= 15 is 0 Å². The number of carbonyl (C=O) groups is 1. The fourth-order valence-electron chi connectivity index (χ4n) is 3.47. The minimum Gasteiger partial charge on any atom is -0.322 e. The number of hydrogen-bond donors (Lipinski definition) is 2. The number of aromatic nitrogens is 1. The van der Waals surface area contributed by atoms with Crippen LogP contribution in [0.25, 0.3) is 10.9 Å². The van der Waals surface area contributed by atoms with Crippen LogP contribution in [0.15, 0.2) is 47.3 Å². The molecule has 0 radical (unpaired) electrons. The van der Waals surface area contributed by atoms with E-state index in [1.807, 2.05) is 12.1 Å². The largest absolute Gasteiger partial charge is 0.322 e. The van der Waals surface area contributed by atoms with Gasteiger partial charge in [0.05, 0.1) is 5.52 Å². The molecule has 0 unspecified atom stereocenters. The van der Waals surface area contributed by atoms with Crippen molar-refractivity contribution in [1.82, 2.24) is 4.98 Å². The Labute approximate surface area is 143 Å². The van der Waals surface area contributed by atoms with Crippen LogP contribution >= 0.6 is 0 Å². The second-order valence-electron chi connectivity index (χ2n) is 6.34. The Hall–Kier alpha value is -2.95. The molecule has 25 heavy (non-hydrogen) atoms. The number of H-pyrrole nitrogens is 1. The van der Waals surface area contributed by atoms with Crippen LogP contribution in [0.3, 0.4) is 0 Å². The Kier molecular flexibility index (Phi) is 3.84. The normalized spacial score (nSPS) is 13.5. The monoisotopic (exact) mass is 336 g/mol. The summed E-state index contributed by atoms with van der Waals surface area (Å²) in [6.07, 6.45) is 3.86. The Bertz CT molecular complexity index is 1040. The van der Waals surface area contributed by atoms with Gasteiger partial charge in [-0.1, -0.05) is 12.1 Å². The van der Waals surface area contributed by atoms with Gasteiger partial charge in [0.15, 0.2) is 0 Å². The van der Waals surface area contributed by atoms with Crippen molar-refractivity contribution in [2.45, 2.75) is 25.7 Å². The molecule has 1 heterocycles. The van der Waals surface area contributed by atoms with Gasteiger partial charge in [0, 0.05) is 22.2 Å². The molecule has 0 bridgehead atoms.